The molecule has 0 atom stereocenters. The molecule has 1 rings (SSSR count). The first-order valence-corrected chi connectivity index (χ1v) is 5.28. The summed E-state index contributed by atoms with van der Waals surface area (Å²) in [6, 6.07) is 1.52. The van der Waals surface area contributed by atoms with Crippen LogP contribution in [0.5, 0.6) is 0 Å². The van der Waals surface area contributed by atoms with Gasteiger partial charge in [-0.25, -0.2) is 0 Å². The number of pyridine rings is 1. The van der Waals surface area contributed by atoms with Crippen molar-refractivity contribution in [3.05, 3.63) is 28.7 Å². The van der Waals surface area contributed by atoms with E-state index in [4.69, 9.17) is 5.73 Å². The summed E-state index contributed by atoms with van der Waals surface area (Å²) in [6.45, 7) is 9.70. The third kappa shape index (κ3) is 2.85. The lowest BCUT2D eigenvalue weighted by Crippen LogP contribution is -2.26. The highest BCUT2D eigenvalue weighted by atomic mass is 16.1. The molecule has 0 fully saturated rings. The second-order valence-electron chi connectivity index (χ2n) is 5.08. The van der Waals surface area contributed by atoms with E-state index in [1.807, 2.05) is 4.57 Å². The Morgan fingerprint density at radius 2 is 2.07 bits per heavy atom. The molecule has 15 heavy (non-hydrogen) atoms. The van der Waals surface area contributed by atoms with E-state index in [9.17, 15) is 4.79 Å². The lowest BCUT2D eigenvalue weighted by atomic mass is 9.81. The van der Waals surface area contributed by atoms with Crippen molar-refractivity contribution in [3.8, 4) is 0 Å². The average Bonchev–Trinajstić information content (AvgIpc) is 2.10. The first kappa shape index (κ1) is 11.8. The monoisotopic (exact) mass is 208 g/mol. The van der Waals surface area contributed by atoms with Crippen LogP contribution in [-0.2, 0) is 6.54 Å². The van der Waals surface area contributed by atoms with Gasteiger partial charge < -0.3 is 10.3 Å². The predicted molar refractivity (Wildman–Crippen MR) is 63.7 cm³/mol. The Hall–Kier alpha value is -1.25. The van der Waals surface area contributed by atoms with Gasteiger partial charge in [0.1, 0.15) is 0 Å². The van der Waals surface area contributed by atoms with Crippen molar-refractivity contribution in [2.45, 2.75) is 34.2 Å². The molecular weight excluding hydrogens is 188 g/mol. The van der Waals surface area contributed by atoms with Crippen LogP contribution in [-0.4, -0.2) is 4.57 Å². The van der Waals surface area contributed by atoms with Crippen LogP contribution < -0.4 is 11.2 Å². The first-order valence-electron chi connectivity index (χ1n) is 5.28. The van der Waals surface area contributed by atoms with Gasteiger partial charge in [-0.3, -0.25) is 4.79 Å². The van der Waals surface area contributed by atoms with E-state index >= 15 is 0 Å². The SMILES string of the molecule is CC(C)C(C)(C)Cn1ccc(=O)c(N)c1. The van der Waals surface area contributed by atoms with Gasteiger partial charge in [-0.2, -0.15) is 0 Å². The quantitative estimate of drug-likeness (QED) is 0.827. The Morgan fingerprint density at radius 1 is 1.47 bits per heavy atom. The zero-order chi connectivity index (χ0) is 11.6. The van der Waals surface area contributed by atoms with Gasteiger partial charge in [0, 0.05) is 25.0 Å². The molecule has 0 unspecified atom stereocenters. The Balaban J connectivity index is 2.91. The fourth-order valence-electron chi connectivity index (χ4n) is 1.30. The minimum absolute atomic E-state index is 0.103. The van der Waals surface area contributed by atoms with Gasteiger partial charge in [0.05, 0.1) is 5.69 Å². The highest BCUT2D eigenvalue weighted by Gasteiger charge is 2.22. The van der Waals surface area contributed by atoms with Crippen LogP contribution in [0.25, 0.3) is 0 Å². The van der Waals surface area contributed by atoms with Gasteiger partial charge in [0.15, 0.2) is 0 Å². The van der Waals surface area contributed by atoms with E-state index in [1.54, 1.807) is 12.4 Å². The number of nitrogens with two attached hydrogens (primary N) is 1. The van der Waals surface area contributed by atoms with Crippen molar-refractivity contribution in [1.29, 1.82) is 0 Å². The molecule has 0 aliphatic rings. The van der Waals surface area contributed by atoms with E-state index in [0.717, 1.165) is 6.54 Å². The predicted octanol–water partition coefficient (Wildman–Crippen LogP) is 2.11. The highest BCUT2D eigenvalue weighted by Crippen LogP contribution is 2.27. The van der Waals surface area contributed by atoms with E-state index < -0.39 is 0 Å². The van der Waals surface area contributed by atoms with Crippen LogP contribution in [0.3, 0.4) is 0 Å². The number of anilines is 1. The van der Waals surface area contributed by atoms with Crippen molar-refractivity contribution in [2.75, 3.05) is 5.73 Å². The van der Waals surface area contributed by atoms with Crippen molar-refractivity contribution < 1.29 is 0 Å². The lowest BCUT2D eigenvalue weighted by molar-refractivity contribution is 0.210. The molecule has 0 saturated carbocycles. The summed E-state index contributed by atoms with van der Waals surface area (Å²) in [7, 11) is 0. The van der Waals surface area contributed by atoms with Gasteiger partial charge in [-0.15, -0.1) is 0 Å². The summed E-state index contributed by atoms with van der Waals surface area (Å²) in [5.74, 6) is 0.582. The standard InChI is InChI=1S/C12H20N2O/c1-9(2)12(3,4)8-14-6-5-11(15)10(13)7-14/h5-7,9H,8,13H2,1-4H3. The molecule has 3 heteroatoms. The maximum Gasteiger partial charge on any atom is 0.204 e. The molecule has 0 aliphatic carbocycles. The Labute approximate surface area is 90.9 Å². The Bertz CT molecular complexity index is 391. The molecule has 0 amide bonds. The molecule has 0 aliphatic heterocycles. The first-order chi connectivity index (χ1) is 6.83. The minimum Gasteiger partial charge on any atom is -0.394 e. The van der Waals surface area contributed by atoms with Crippen LogP contribution in [0.2, 0.25) is 0 Å². The largest absolute Gasteiger partial charge is 0.394 e. The second-order valence-corrected chi connectivity index (χ2v) is 5.08. The molecule has 0 aromatic carbocycles. The fourth-order valence-corrected chi connectivity index (χ4v) is 1.30. The maximum absolute atomic E-state index is 11.1. The normalized spacial score (nSPS) is 12.1. The molecule has 1 aromatic heterocycles. The molecule has 1 aromatic rings. The van der Waals surface area contributed by atoms with Crippen molar-refractivity contribution in [3.63, 3.8) is 0 Å². The molecule has 2 N–H and O–H groups in total. The van der Waals surface area contributed by atoms with Crippen molar-refractivity contribution in [2.24, 2.45) is 11.3 Å². The van der Waals surface area contributed by atoms with E-state index in [2.05, 4.69) is 27.7 Å². The summed E-state index contributed by atoms with van der Waals surface area (Å²) >= 11 is 0. The molecule has 0 bridgehead atoms. The molecular formula is C12H20N2O. The number of nitrogens with zero attached hydrogens (tertiary/aromatic N) is 1. The lowest BCUT2D eigenvalue weighted by Gasteiger charge is -2.30. The highest BCUT2D eigenvalue weighted by molar-refractivity contribution is 5.33. The molecule has 1 heterocycles. The molecule has 0 spiro atoms. The molecule has 0 radical (unpaired) electrons. The van der Waals surface area contributed by atoms with Gasteiger partial charge >= 0.3 is 0 Å². The van der Waals surface area contributed by atoms with E-state index in [0.29, 0.717) is 11.6 Å². The Morgan fingerprint density at radius 3 is 2.53 bits per heavy atom. The van der Waals surface area contributed by atoms with Gasteiger partial charge in [-0.1, -0.05) is 27.7 Å². The second kappa shape index (κ2) is 4.09. The average molecular weight is 208 g/mol. The minimum atomic E-state index is -0.103. The zero-order valence-corrected chi connectivity index (χ0v) is 9.95. The van der Waals surface area contributed by atoms with Gasteiger partial charge in [-0.05, 0) is 11.3 Å². The van der Waals surface area contributed by atoms with Crippen LogP contribution in [0.15, 0.2) is 23.3 Å². The summed E-state index contributed by atoms with van der Waals surface area (Å²) in [5, 5.41) is 0. The molecule has 0 saturated heterocycles. The van der Waals surface area contributed by atoms with Crippen molar-refractivity contribution >= 4 is 5.69 Å². The third-order valence-electron chi connectivity index (χ3n) is 3.16. The number of rotatable bonds is 3. The number of nitrogen functional groups attached to an aromatic ring is 1. The van der Waals surface area contributed by atoms with Gasteiger partial charge in [0.2, 0.25) is 5.43 Å². The Kier molecular flexibility index (Phi) is 3.22. The topological polar surface area (TPSA) is 48.0 Å². The van der Waals surface area contributed by atoms with Crippen LogP contribution in [0.4, 0.5) is 5.69 Å². The third-order valence-corrected chi connectivity index (χ3v) is 3.16. The van der Waals surface area contributed by atoms with Crippen molar-refractivity contribution in [1.82, 2.24) is 4.57 Å². The van der Waals surface area contributed by atoms with Crippen LogP contribution in [0.1, 0.15) is 27.7 Å². The number of hydrogen-bond acceptors (Lipinski definition) is 2. The summed E-state index contributed by atoms with van der Waals surface area (Å²) in [6.07, 6.45) is 3.51. The summed E-state index contributed by atoms with van der Waals surface area (Å²) < 4.78 is 1.98. The van der Waals surface area contributed by atoms with E-state index in [1.165, 1.54) is 6.07 Å². The van der Waals surface area contributed by atoms with Crippen LogP contribution in [0, 0.1) is 11.3 Å². The molecule has 84 valence electrons. The number of hydrogen-bond donors (Lipinski definition) is 1. The zero-order valence-electron chi connectivity index (χ0n) is 9.95. The fraction of sp³-hybridized carbons (Fsp3) is 0.583. The molecule has 3 nitrogen and oxygen atoms in total. The summed E-state index contributed by atoms with van der Waals surface area (Å²) in [4.78, 5) is 11.1. The maximum atomic E-state index is 11.1. The number of aromatic nitrogens is 1. The summed E-state index contributed by atoms with van der Waals surface area (Å²) in [5.41, 5.74) is 5.99. The van der Waals surface area contributed by atoms with Gasteiger partial charge in [0.25, 0.3) is 0 Å². The van der Waals surface area contributed by atoms with E-state index in [-0.39, 0.29) is 10.8 Å². The van der Waals surface area contributed by atoms with Crippen LogP contribution >= 0.6 is 0 Å². The smallest absolute Gasteiger partial charge is 0.204 e.